The van der Waals surface area contributed by atoms with Crippen LogP contribution in [0, 0.1) is 0 Å². The van der Waals surface area contributed by atoms with Crippen LogP contribution in [0.5, 0.6) is 5.88 Å². The normalized spacial score (nSPS) is 34.0. The van der Waals surface area contributed by atoms with Crippen LogP contribution in [0.25, 0.3) is 0 Å². The molecule has 2 bridgehead atoms. The number of ether oxygens (including phenoxy) is 1. The van der Waals surface area contributed by atoms with Gasteiger partial charge in [0, 0.05) is 31.1 Å². The van der Waals surface area contributed by atoms with Crippen molar-refractivity contribution in [2.24, 2.45) is 0 Å². The average Bonchev–Trinajstić information content (AvgIpc) is 2.55. The standard InChI is InChI=1S/C12H16N2O/c1-2-9-13-11(5-1)15-12-7-3-4-10(14-12)6-8-12/h1-2,5,9-10,14H,3-4,6-8H2. The van der Waals surface area contributed by atoms with E-state index >= 15 is 0 Å². The Labute approximate surface area is 89.9 Å². The quantitative estimate of drug-likeness (QED) is 0.801. The highest BCUT2D eigenvalue weighted by molar-refractivity contribution is 5.12. The molecule has 2 saturated heterocycles. The molecule has 2 unspecified atom stereocenters. The Morgan fingerprint density at radius 2 is 2.33 bits per heavy atom. The first-order valence-corrected chi connectivity index (χ1v) is 5.74. The van der Waals surface area contributed by atoms with E-state index in [-0.39, 0.29) is 5.72 Å². The van der Waals surface area contributed by atoms with Gasteiger partial charge in [0.1, 0.15) is 0 Å². The Morgan fingerprint density at radius 3 is 3.20 bits per heavy atom. The van der Waals surface area contributed by atoms with Gasteiger partial charge in [0.25, 0.3) is 0 Å². The lowest BCUT2D eigenvalue weighted by Crippen LogP contribution is -2.50. The number of pyridine rings is 1. The maximum Gasteiger partial charge on any atom is 0.214 e. The number of nitrogens with one attached hydrogen (secondary N) is 1. The van der Waals surface area contributed by atoms with Crippen molar-refractivity contribution in [3.8, 4) is 5.88 Å². The fourth-order valence-corrected chi connectivity index (χ4v) is 2.71. The Hall–Kier alpha value is -1.09. The van der Waals surface area contributed by atoms with Crippen LogP contribution in [0.3, 0.4) is 0 Å². The van der Waals surface area contributed by atoms with Crippen molar-refractivity contribution in [3.05, 3.63) is 24.4 Å². The van der Waals surface area contributed by atoms with Crippen molar-refractivity contribution in [2.45, 2.75) is 43.9 Å². The highest BCUT2D eigenvalue weighted by atomic mass is 16.5. The fourth-order valence-electron chi connectivity index (χ4n) is 2.71. The van der Waals surface area contributed by atoms with E-state index in [1.54, 1.807) is 6.20 Å². The van der Waals surface area contributed by atoms with Gasteiger partial charge in [0.15, 0.2) is 5.72 Å². The Kier molecular flexibility index (Phi) is 2.13. The molecule has 3 nitrogen and oxygen atoms in total. The fraction of sp³-hybridized carbons (Fsp3) is 0.583. The van der Waals surface area contributed by atoms with Crippen molar-refractivity contribution in [1.82, 2.24) is 10.3 Å². The largest absolute Gasteiger partial charge is 0.456 e. The maximum absolute atomic E-state index is 6.01. The number of nitrogens with zero attached hydrogens (tertiary/aromatic N) is 1. The molecule has 1 aromatic rings. The highest BCUT2D eigenvalue weighted by Gasteiger charge is 2.43. The Morgan fingerprint density at radius 1 is 1.33 bits per heavy atom. The summed E-state index contributed by atoms with van der Waals surface area (Å²) in [5.41, 5.74) is -0.114. The third kappa shape index (κ3) is 1.72. The van der Waals surface area contributed by atoms with Crippen LogP contribution in [0.4, 0.5) is 0 Å². The summed E-state index contributed by atoms with van der Waals surface area (Å²) >= 11 is 0. The van der Waals surface area contributed by atoms with E-state index in [1.165, 1.54) is 19.3 Å². The lowest BCUT2D eigenvalue weighted by molar-refractivity contribution is 0.0194. The summed E-state index contributed by atoms with van der Waals surface area (Å²) in [4.78, 5) is 4.22. The molecule has 0 aromatic carbocycles. The van der Waals surface area contributed by atoms with Crippen molar-refractivity contribution in [1.29, 1.82) is 0 Å². The molecule has 0 amide bonds. The molecule has 2 fully saturated rings. The Bertz CT molecular complexity index is 337. The number of rotatable bonds is 2. The topological polar surface area (TPSA) is 34.1 Å². The molecule has 3 rings (SSSR count). The zero-order chi connectivity index (χ0) is 10.1. The van der Waals surface area contributed by atoms with E-state index in [4.69, 9.17) is 4.74 Å². The van der Waals surface area contributed by atoms with Crippen LogP contribution in [-0.2, 0) is 0 Å². The lowest BCUT2D eigenvalue weighted by atomic mass is 10.0. The summed E-state index contributed by atoms with van der Waals surface area (Å²) in [5.74, 6) is 0.743. The highest BCUT2D eigenvalue weighted by Crippen LogP contribution is 2.36. The minimum Gasteiger partial charge on any atom is -0.456 e. The molecule has 0 saturated carbocycles. The number of hydrogen-bond acceptors (Lipinski definition) is 3. The van der Waals surface area contributed by atoms with Gasteiger partial charge in [-0.1, -0.05) is 6.07 Å². The van der Waals surface area contributed by atoms with E-state index in [2.05, 4.69) is 10.3 Å². The molecular formula is C12H16N2O. The Balaban J connectivity index is 1.77. The van der Waals surface area contributed by atoms with Crippen LogP contribution < -0.4 is 10.1 Å². The summed E-state index contributed by atoms with van der Waals surface area (Å²) in [6, 6.07) is 6.48. The lowest BCUT2D eigenvalue weighted by Gasteiger charge is -2.34. The van der Waals surface area contributed by atoms with E-state index in [9.17, 15) is 0 Å². The smallest absolute Gasteiger partial charge is 0.214 e. The van der Waals surface area contributed by atoms with Crippen LogP contribution in [0.1, 0.15) is 32.1 Å². The molecular weight excluding hydrogens is 188 g/mol. The minimum atomic E-state index is -0.114. The molecule has 2 atom stereocenters. The molecule has 2 aliphatic heterocycles. The van der Waals surface area contributed by atoms with Gasteiger partial charge in [-0.25, -0.2) is 4.98 Å². The van der Waals surface area contributed by atoms with E-state index < -0.39 is 0 Å². The van der Waals surface area contributed by atoms with E-state index in [0.29, 0.717) is 6.04 Å². The first-order chi connectivity index (χ1) is 7.36. The second-order valence-corrected chi connectivity index (χ2v) is 4.54. The van der Waals surface area contributed by atoms with E-state index in [1.807, 2.05) is 18.2 Å². The molecule has 0 spiro atoms. The van der Waals surface area contributed by atoms with Gasteiger partial charge in [-0.05, 0) is 25.3 Å². The van der Waals surface area contributed by atoms with Gasteiger partial charge < -0.3 is 4.74 Å². The first kappa shape index (κ1) is 9.16. The molecule has 1 aromatic heterocycles. The van der Waals surface area contributed by atoms with Crippen molar-refractivity contribution >= 4 is 0 Å². The third-order valence-corrected chi connectivity index (χ3v) is 3.43. The van der Waals surface area contributed by atoms with Crippen molar-refractivity contribution in [2.75, 3.05) is 0 Å². The summed E-state index contributed by atoms with van der Waals surface area (Å²) in [6.45, 7) is 0. The molecule has 1 N–H and O–H groups in total. The van der Waals surface area contributed by atoms with Gasteiger partial charge >= 0.3 is 0 Å². The summed E-state index contributed by atoms with van der Waals surface area (Å²) in [7, 11) is 0. The predicted molar refractivity (Wildman–Crippen MR) is 57.6 cm³/mol. The summed E-state index contributed by atoms with van der Waals surface area (Å²) < 4.78 is 6.01. The molecule has 3 heterocycles. The summed E-state index contributed by atoms with van der Waals surface area (Å²) in [5, 5.41) is 3.59. The molecule has 2 aliphatic rings. The zero-order valence-electron chi connectivity index (χ0n) is 8.78. The monoisotopic (exact) mass is 204 g/mol. The number of aromatic nitrogens is 1. The van der Waals surface area contributed by atoms with Gasteiger partial charge in [0.05, 0.1) is 0 Å². The van der Waals surface area contributed by atoms with Gasteiger partial charge in [-0.3, -0.25) is 5.32 Å². The minimum absolute atomic E-state index is 0.114. The molecule has 3 heteroatoms. The van der Waals surface area contributed by atoms with Crippen LogP contribution in [0.2, 0.25) is 0 Å². The predicted octanol–water partition coefficient (Wildman–Crippen LogP) is 2.09. The molecule has 0 aliphatic carbocycles. The van der Waals surface area contributed by atoms with Crippen LogP contribution >= 0.6 is 0 Å². The molecule has 0 radical (unpaired) electrons. The average molecular weight is 204 g/mol. The zero-order valence-corrected chi connectivity index (χ0v) is 8.78. The number of fused-ring (bicyclic) bond motifs is 2. The number of piperidine rings is 1. The summed E-state index contributed by atoms with van der Waals surface area (Å²) in [6.07, 6.45) is 7.82. The second kappa shape index (κ2) is 3.49. The van der Waals surface area contributed by atoms with Crippen molar-refractivity contribution < 1.29 is 4.74 Å². The molecule has 15 heavy (non-hydrogen) atoms. The first-order valence-electron chi connectivity index (χ1n) is 5.74. The second-order valence-electron chi connectivity index (χ2n) is 4.54. The molecule has 80 valence electrons. The van der Waals surface area contributed by atoms with Crippen molar-refractivity contribution in [3.63, 3.8) is 0 Å². The van der Waals surface area contributed by atoms with Gasteiger partial charge in [0.2, 0.25) is 5.88 Å². The van der Waals surface area contributed by atoms with Gasteiger partial charge in [-0.2, -0.15) is 0 Å². The third-order valence-electron chi connectivity index (χ3n) is 3.43. The van der Waals surface area contributed by atoms with Gasteiger partial charge in [-0.15, -0.1) is 0 Å². The van der Waals surface area contributed by atoms with Crippen LogP contribution in [-0.4, -0.2) is 16.8 Å². The number of hydrogen-bond donors (Lipinski definition) is 1. The van der Waals surface area contributed by atoms with Crippen LogP contribution in [0.15, 0.2) is 24.4 Å². The maximum atomic E-state index is 6.01. The SMILES string of the molecule is c1ccc(OC23CCCC(CC2)N3)nc1. The van der Waals surface area contributed by atoms with E-state index in [0.717, 1.165) is 18.7 Å².